The van der Waals surface area contributed by atoms with Crippen LogP contribution in [0, 0.1) is 0 Å². The molecule has 1 aromatic carbocycles. The number of nitrogens with two attached hydrogens (primary N) is 1. The van der Waals surface area contributed by atoms with Crippen LogP contribution in [0.1, 0.15) is 42.6 Å². The monoisotopic (exact) mass is 554 g/mol. The van der Waals surface area contributed by atoms with Crippen molar-refractivity contribution in [2.45, 2.75) is 43.2 Å². The van der Waals surface area contributed by atoms with Crippen molar-refractivity contribution >= 4 is 32.4 Å². The maximum Gasteiger partial charge on any atom is 0.238 e. The van der Waals surface area contributed by atoms with E-state index < -0.39 is 15.4 Å². The van der Waals surface area contributed by atoms with Gasteiger partial charge in [-0.3, -0.25) is 19.7 Å². The van der Waals surface area contributed by atoms with E-state index in [-0.39, 0.29) is 18.0 Å². The molecule has 0 atom stereocenters. The van der Waals surface area contributed by atoms with Crippen LogP contribution in [0.2, 0.25) is 0 Å². The fourth-order valence-corrected chi connectivity index (χ4v) is 7.20. The summed E-state index contributed by atoms with van der Waals surface area (Å²) in [6, 6.07) is 14.0. The van der Waals surface area contributed by atoms with Gasteiger partial charge in [0.05, 0.1) is 47.0 Å². The van der Waals surface area contributed by atoms with Crippen molar-refractivity contribution in [1.82, 2.24) is 19.3 Å². The molecule has 1 aliphatic carbocycles. The highest BCUT2D eigenvalue weighted by molar-refractivity contribution is 7.88. The van der Waals surface area contributed by atoms with Gasteiger partial charge in [-0.15, -0.1) is 0 Å². The number of piperidine rings is 1. The smallest absolute Gasteiger partial charge is 0.238 e. The summed E-state index contributed by atoms with van der Waals surface area (Å²) in [4.78, 5) is 29.9. The van der Waals surface area contributed by atoms with Crippen LogP contribution in [-0.4, -0.2) is 52.9 Å². The molecular formula is C30H30N6O3S. The molecule has 204 valence electrons. The van der Waals surface area contributed by atoms with Crippen LogP contribution < -0.4 is 10.6 Å². The zero-order valence-corrected chi connectivity index (χ0v) is 23.1. The van der Waals surface area contributed by atoms with Gasteiger partial charge in [-0.2, -0.15) is 0 Å². The molecule has 2 fully saturated rings. The number of hydrogen-bond donors (Lipinski definition) is 1. The molecule has 9 nitrogen and oxygen atoms in total. The Morgan fingerprint density at radius 1 is 0.950 bits per heavy atom. The van der Waals surface area contributed by atoms with Crippen molar-refractivity contribution in [2.24, 2.45) is 5.73 Å². The summed E-state index contributed by atoms with van der Waals surface area (Å²) in [7, 11) is -3.32. The fraction of sp³-hybridized carbons (Fsp3) is 0.333. The zero-order valence-electron chi connectivity index (χ0n) is 22.2. The number of benzene rings is 1. The van der Waals surface area contributed by atoms with E-state index in [0.29, 0.717) is 25.9 Å². The van der Waals surface area contributed by atoms with Crippen LogP contribution in [0.25, 0.3) is 21.9 Å². The van der Waals surface area contributed by atoms with Gasteiger partial charge >= 0.3 is 0 Å². The fourth-order valence-electron chi connectivity index (χ4n) is 6.35. The minimum Gasteiger partial charge on any atom is -0.320 e. The molecule has 0 radical (unpaired) electrons. The number of fused-ring (bicyclic) bond motifs is 3. The lowest BCUT2D eigenvalue weighted by Gasteiger charge is -2.37. The van der Waals surface area contributed by atoms with Gasteiger partial charge in [0, 0.05) is 48.2 Å². The Hall–Kier alpha value is -3.73. The van der Waals surface area contributed by atoms with Crippen LogP contribution >= 0.6 is 0 Å². The van der Waals surface area contributed by atoms with Crippen LogP contribution in [0.15, 0.2) is 67.3 Å². The van der Waals surface area contributed by atoms with Gasteiger partial charge in [-0.1, -0.05) is 30.3 Å². The highest BCUT2D eigenvalue weighted by atomic mass is 32.2. The molecule has 7 rings (SSSR count). The summed E-state index contributed by atoms with van der Waals surface area (Å²) in [5.74, 6) is -0.0307. The molecule has 4 aromatic rings. The van der Waals surface area contributed by atoms with E-state index in [1.807, 2.05) is 48.8 Å². The molecular weight excluding hydrogens is 524 g/mol. The maximum absolute atomic E-state index is 14.2. The van der Waals surface area contributed by atoms with E-state index in [2.05, 4.69) is 11.1 Å². The first-order valence-electron chi connectivity index (χ1n) is 13.5. The van der Waals surface area contributed by atoms with Gasteiger partial charge in [0.1, 0.15) is 0 Å². The Morgan fingerprint density at radius 2 is 1.73 bits per heavy atom. The third-order valence-corrected chi connectivity index (χ3v) is 10.1. The topological polar surface area (TPSA) is 122 Å². The molecule has 1 spiro atoms. The van der Waals surface area contributed by atoms with Gasteiger partial charge in [-0.25, -0.2) is 12.7 Å². The van der Waals surface area contributed by atoms with Gasteiger partial charge in [0.25, 0.3) is 0 Å². The number of nitrogens with zero attached hydrogens (tertiary/aromatic N) is 5. The summed E-state index contributed by atoms with van der Waals surface area (Å²) in [6.07, 6.45) is 11.1. The van der Waals surface area contributed by atoms with Crippen LogP contribution in [0.3, 0.4) is 0 Å². The second-order valence-corrected chi connectivity index (χ2v) is 13.3. The normalized spacial score (nSPS) is 19.8. The second kappa shape index (κ2) is 8.89. The number of pyridine rings is 3. The van der Waals surface area contributed by atoms with Crippen molar-refractivity contribution in [3.8, 4) is 11.1 Å². The largest absolute Gasteiger partial charge is 0.320 e. The maximum atomic E-state index is 14.2. The van der Waals surface area contributed by atoms with Crippen LogP contribution in [0.4, 0.5) is 5.69 Å². The molecule has 2 N–H and O–H groups in total. The molecule has 0 unspecified atom stereocenters. The van der Waals surface area contributed by atoms with E-state index in [9.17, 15) is 13.2 Å². The van der Waals surface area contributed by atoms with E-state index in [1.165, 1.54) is 10.6 Å². The van der Waals surface area contributed by atoms with Crippen LogP contribution in [0.5, 0.6) is 0 Å². The van der Waals surface area contributed by atoms with E-state index in [1.54, 1.807) is 17.3 Å². The predicted octanol–water partition coefficient (Wildman–Crippen LogP) is 3.48. The first kappa shape index (κ1) is 25.3. The van der Waals surface area contributed by atoms with E-state index in [4.69, 9.17) is 15.7 Å². The quantitative estimate of drug-likeness (QED) is 0.401. The number of anilines is 1. The molecule has 40 heavy (non-hydrogen) atoms. The van der Waals surface area contributed by atoms with Gasteiger partial charge in [0.15, 0.2) is 0 Å². The standard InChI is InChI=1S/C30H30N6O3S/c1-40(38,39)35-14-11-29(12-15-35)23-8-13-32-18-25(23)36(28(29)37)19-24-27(22-5-3-2-4-20(22)16-33-24)21-6-7-26(34-17-21)30(31)9-10-30/h2-8,13,16-18H,9-12,14-15,19,31H2,1H3. The molecule has 3 aliphatic rings. The molecule has 0 bridgehead atoms. The number of carbonyl (C=O) groups is 1. The van der Waals surface area contributed by atoms with Gasteiger partial charge in [-0.05, 0) is 48.8 Å². The minimum atomic E-state index is -3.32. The highest BCUT2D eigenvalue weighted by Gasteiger charge is 2.53. The minimum absolute atomic E-state index is 0.0307. The van der Waals surface area contributed by atoms with E-state index in [0.717, 1.165) is 57.4 Å². The number of rotatable bonds is 5. The average molecular weight is 555 g/mol. The second-order valence-electron chi connectivity index (χ2n) is 11.3. The predicted molar refractivity (Wildman–Crippen MR) is 153 cm³/mol. The van der Waals surface area contributed by atoms with Crippen molar-refractivity contribution in [2.75, 3.05) is 24.2 Å². The number of hydrogen-bond acceptors (Lipinski definition) is 7. The van der Waals surface area contributed by atoms with Gasteiger partial charge in [0.2, 0.25) is 15.9 Å². The molecule has 1 saturated carbocycles. The summed E-state index contributed by atoms with van der Waals surface area (Å²) in [6.45, 7) is 0.873. The first-order chi connectivity index (χ1) is 19.2. The lowest BCUT2D eigenvalue weighted by Crippen LogP contribution is -2.49. The van der Waals surface area contributed by atoms with Crippen molar-refractivity contribution in [3.63, 3.8) is 0 Å². The summed E-state index contributed by atoms with van der Waals surface area (Å²) in [5.41, 5.74) is 10.5. The summed E-state index contributed by atoms with van der Waals surface area (Å²) < 4.78 is 25.8. The third-order valence-electron chi connectivity index (χ3n) is 8.84. The molecule has 1 amide bonds. The van der Waals surface area contributed by atoms with Crippen molar-refractivity contribution < 1.29 is 13.2 Å². The van der Waals surface area contributed by atoms with Crippen LogP contribution in [-0.2, 0) is 32.3 Å². The lowest BCUT2D eigenvalue weighted by atomic mass is 9.74. The summed E-state index contributed by atoms with van der Waals surface area (Å²) in [5, 5.41) is 2.03. The molecule has 10 heteroatoms. The SMILES string of the molecule is CS(=O)(=O)N1CCC2(CC1)C(=O)N(Cc1ncc3ccccc3c1-c1ccc(C3(N)CC3)nc1)c1cnccc12. The Bertz CT molecular complexity index is 1760. The average Bonchev–Trinajstić information content (AvgIpc) is 3.69. The molecule has 5 heterocycles. The molecule has 1 saturated heterocycles. The lowest BCUT2D eigenvalue weighted by molar-refractivity contribution is -0.124. The zero-order chi connectivity index (χ0) is 27.7. The number of carbonyl (C=O) groups excluding carboxylic acids is 1. The Morgan fingerprint density at radius 3 is 2.42 bits per heavy atom. The number of sulfonamides is 1. The number of aromatic nitrogens is 3. The highest BCUT2D eigenvalue weighted by Crippen LogP contribution is 2.49. The summed E-state index contributed by atoms with van der Waals surface area (Å²) >= 11 is 0. The first-order valence-corrected chi connectivity index (χ1v) is 15.4. The molecule has 2 aliphatic heterocycles. The number of amides is 1. The van der Waals surface area contributed by atoms with Gasteiger partial charge < -0.3 is 10.6 Å². The third kappa shape index (κ3) is 3.93. The van der Waals surface area contributed by atoms with E-state index >= 15 is 0 Å². The molecule has 3 aromatic heterocycles. The van der Waals surface area contributed by atoms with Crippen molar-refractivity contribution in [3.05, 3.63) is 84.2 Å². The van der Waals surface area contributed by atoms with Crippen molar-refractivity contribution in [1.29, 1.82) is 0 Å². The Kier molecular flexibility index (Phi) is 5.61. The Labute approximate surface area is 233 Å². The Balaban J connectivity index is 1.29.